The highest BCUT2D eigenvalue weighted by atomic mass is 79.9. The van der Waals surface area contributed by atoms with Crippen molar-refractivity contribution in [3.8, 4) is 11.5 Å². The number of halogens is 1. The van der Waals surface area contributed by atoms with E-state index in [9.17, 15) is 9.59 Å². The molecule has 7 nitrogen and oxygen atoms in total. The summed E-state index contributed by atoms with van der Waals surface area (Å²) >= 11 is 8.46. The molecule has 0 aliphatic carbocycles. The van der Waals surface area contributed by atoms with Crippen molar-refractivity contribution in [2.75, 3.05) is 6.61 Å². The van der Waals surface area contributed by atoms with E-state index in [1.807, 2.05) is 13.8 Å². The Hall–Kier alpha value is -2.91. The quantitative estimate of drug-likeness (QED) is 0.310. The van der Waals surface area contributed by atoms with Gasteiger partial charge in [0.25, 0.3) is 11.8 Å². The average Bonchev–Trinajstić information content (AvgIpc) is 2.71. The van der Waals surface area contributed by atoms with Gasteiger partial charge in [0.15, 0.2) is 5.11 Å². The largest absolute Gasteiger partial charge is 0.490 e. The number of para-hydroxylation sites is 1. The summed E-state index contributed by atoms with van der Waals surface area (Å²) < 4.78 is 11.7. The zero-order valence-corrected chi connectivity index (χ0v) is 18.9. The molecule has 2 rings (SSSR count). The summed E-state index contributed by atoms with van der Waals surface area (Å²) in [4.78, 5) is 24.8. The number of rotatable bonds is 7. The van der Waals surface area contributed by atoms with Gasteiger partial charge in [-0.05, 0) is 72.3 Å². The van der Waals surface area contributed by atoms with Gasteiger partial charge >= 0.3 is 0 Å². The van der Waals surface area contributed by atoms with Crippen molar-refractivity contribution >= 4 is 45.1 Å². The van der Waals surface area contributed by atoms with E-state index in [1.165, 1.54) is 0 Å². The lowest BCUT2D eigenvalue weighted by Crippen LogP contribution is -2.48. The Morgan fingerprint density at radius 1 is 1.13 bits per heavy atom. The number of hydrogen-bond donors (Lipinski definition) is 3. The molecule has 0 aromatic heterocycles. The van der Waals surface area contributed by atoms with E-state index in [1.54, 1.807) is 48.5 Å². The molecule has 3 N–H and O–H groups in total. The van der Waals surface area contributed by atoms with Gasteiger partial charge in [0, 0.05) is 5.56 Å². The fraction of sp³-hybridized carbons (Fsp3) is 0.190. The molecular weight excluding hydrogens is 470 g/mol. The van der Waals surface area contributed by atoms with E-state index in [0.29, 0.717) is 27.1 Å². The molecule has 0 radical (unpaired) electrons. The van der Waals surface area contributed by atoms with Crippen molar-refractivity contribution in [2.24, 2.45) is 0 Å². The first-order valence-electron chi connectivity index (χ1n) is 9.02. The highest BCUT2D eigenvalue weighted by Gasteiger charge is 2.14. The molecule has 0 aliphatic rings. The number of hydrogen-bond acceptors (Lipinski definition) is 5. The maximum atomic E-state index is 12.4. The van der Waals surface area contributed by atoms with Gasteiger partial charge in [-0.1, -0.05) is 24.8 Å². The lowest BCUT2D eigenvalue weighted by atomic mass is 10.2. The first-order valence-corrected chi connectivity index (χ1v) is 10.2. The van der Waals surface area contributed by atoms with Crippen molar-refractivity contribution < 1.29 is 19.1 Å². The van der Waals surface area contributed by atoms with Gasteiger partial charge < -0.3 is 9.47 Å². The number of carbonyl (C=O) groups excluding carboxylic acids is 2. The second kappa shape index (κ2) is 11.3. The monoisotopic (exact) mass is 491 g/mol. The van der Waals surface area contributed by atoms with Crippen LogP contribution in [0.4, 0.5) is 0 Å². The predicted octanol–water partition coefficient (Wildman–Crippen LogP) is 3.75. The zero-order valence-electron chi connectivity index (χ0n) is 16.5. The minimum absolute atomic E-state index is 0.00802. The van der Waals surface area contributed by atoms with Gasteiger partial charge in [0.05, 0.1) is 16.1 Å². The molecule has 0 unspecified atom stereocenters. The Kier molecular flexibility index (Phi) is 8.82. The van der Waals surface area contributed by atoms with E-state index >= 15 is 0 Å². The summed E-state index contributed by atoms with van der Waals surface area (Å²) in [6.45, 7) is 7.67. The van der Waals surface area contributed by atoms with Gasteiger partial charge in [0.2, 0.25) is 0 Å². The van der Waals surface area contributed by atoms with Crippen LogP contribution in [-0.2, 0) is 0 Å². The first kappa shape index (κ1) is 23.4. The lowest BCUT2D eigenvalue weighted by Gasteiger charge is -2.14. The van der Waals surface area contributed by atoms with Gasteiger partial charge in [-0.2, -0.15) is 0 Å². The van der Waals surface area contributed by atoms with Crippen LogP contribution in [0.15, 0.2) is 59.6 Å². The van der Waals surface area contributed by atoms with E-state index in [-0.39, 0.29) is 17.8 Å². The molecule has 0 spiro atoms. The lowest BCUT2D eigenvalue weighted by molar-refractivity contribution is 0.0931. The van der Waals surface area contributed by atoms with Crippen LogP contribution in [0.1, 0.15) is 34.6 Å². The van der Waals surface area contributed by atoms with Gasteiger partial charge in [-0.25, -0.2) is 0 Å². The van der Waals surface area contributed by atoms with Crippen LogP contribution >= 0.6 is 28.1 Å². The molecule has 0 saturated carbocycles. The molecule has 2 aromatic rings. The molecular formula is C21H22BrN3O4S. The molecule has 30 heavy (non-hydrogen) atoms. The molecule has 0 bridgehead atoms. The Bertz CT molecular complexity index is 950. The second-order valence-electron chi connectivity index (χ2n) is 6.27. The molecule has 2 aromatic carbocycles. The van der Waals surface area contributed by atoms with Crippen molar-refractivity contribution in [3.05, 3.63) is 70.7 Å². The highest BCUT2D eigenvalue weighted by molar-refractivity contribution is 9.10. The third-order valence-electron chi connectivity index (χ3n) is 3.56. The number of thiocarbonyl (C=S) groups is 1. The van der Waals surface area contributed by atoms with Crippen LogP contribution in [0, 0.1) is 0 Å². The normalized spacial score (nSPS) is 10.1. The van der Waals surface area contributed by atoms with Crippen molar-refractivity contribution in [1.29, 1.82) is 0 Å². The smallest absolute Gasteiger partial charge is 0.273 e. The van der Waals surface area contributed by atoms with Crippen LogP contribution in [-0.4, -0.2) is 29.6 Å². The summed E-state index contributed by atoms with van der Waals surface area (Å²) in [5.41, 5.74) is 5.62. The van der Waals surface area contributed by atoms with E-state index in [4.69, 9.17) is 21.7 Å². The van der Waals surface area contributed by atoms with Crippen molar-refractivity contribution in [2.45, 2.75) is 20.0 Å². The molecule has 0 saturated heterocycles. The fourth-order valence-corrected chi connectivity index (χ4v) is 2.92. The van der Waals surface area contributed by atoms with Crippen LogP contribution in [0.5, 0.6) is 11.5 Å². The van der Waals surface area contributed by atoms with Crippen molar-refractivity contribution in [1.82, 2.24) is 16.2 Å². The fourth-order valence-electron chi connectivity index (χ4n) is 2.31. The Morgan fingerprint density at radius 2 is 1.87 bits per heavy atom. The molecule has 0 heterocycles. The summed E-state index contributed by atoms with van der Waals surface area (Å²) in [6, 6.07) is 11.7. The minimum atomic E-state index is -0.468. The minimum Gasteiger partial charge on any atom is -0.490 e. The molecule has 158 valence electrons. The zero-order chi connectivity index (χ0) is 22.1. The summed E-state index contributed by atoms with van der Waals surface area (Å²) in [6.07, 6.45) is 1.59. The summed E-state index contributed by atoms with van der Waals surface area (Å²) in [7, 11) is 0. The van der Waals surface area contributed by atoms with Crippen LogP contribution in [0.25, 0.3) is 0 Å². The van der Waals surface area contributed by atoms with Gasteiger partial charge in [-0.3, -0.25) is 25.8 Å². The SMILES string of the molecule is C=CCOc1ccccc1C(=O)NNC(=S)NC(=O)c1ccc(OC(C)C)c(Br)c1. The number of ether oxygens (including phenoxy) is 2. The summed E-state index contributed by atoms with van der Waals surface area (Å²) in [5.74, 6) is 0.129. The Morgan fingerprint density at radius 3 is 2.53 bits per heavy atom. The maximum Gasteiger partial charge on any atom is 0.273 e. The first-order chi connectivity index (χ1) is 14.3. The van der Waals surface area contributed by atoms with Crippen LogP contribution < -0.4 is 25.6 Å². The summed E-state index contributed by atoms with van der Waals surface area (Å²) in [5, 5.41) is 2.44. The second-order valence-corrected chi connectivity index (χ2v) is 7.53. The van der Waals surface area contributed by atoms with Gasteiger partial charge in [0.1, 0.15) is 18.1 Å². The third-order valence-corrected chi connectivity index (χ3v) is 4.39. The maximum absolute atomic E-state index is 12.4. The highest BCUT2D eigenvalue weighted by Crippen LogP contribution is 2.27. The number of carbonyl (C=O) groups is 2. The third kappa shape index (κ3) is 6.85. The predicted molar refractivity (Wildman–Crippen MR) is 123 cm³/mol. The average molecular weight is 492 g/mol. The van der Waals surface area contributed by atoms with Gasteiger partial charge in [-0.15, -0.1) is 0 Å². The van der Waals surface area contributed by atoms with Crippen molar-refractivity contribution in [3.63, 3.8) is 0 Å². The Balaban J connectivity index is 1.93. The Labute approximate surface area is 188 Å². The van der Waals surface area contributed by atoms with E-state index in [2.05, 4.69) is 38.7 Å². The van der Waals surface area contributed by atoms with Crippen LogP contribution in [0.3, 0.4) is 0 Å². The topological polar surface area (TPSA) is 88.7 Å². The number of benzene rings is 2. The number of amides is 2. The standard InChI is InChI=1S/C21H22BrN3O4S/c1-4-11-28-17-8-6-5-7-15(17)20(27)24-25-21(30)23-19(26)14-9-10-18(16(22)12-14)29-13(2)3/h4-10,12-13H,1,11H2,2-3H3,(H,24,27)(H2,23,25,26,30). The molecule has 2 amide bonds. The number of hydrazine groups is 1. The van der Waals surface area contributed by atoms with Crippen LogP contribution in [0.2, 0.25) is 0 Å². The molecule has 0 atom stereocenters. The molecule has 0 aliphatic heterocycles. The molecule has 0 fully saturated rings. The van der Waals surface area contributed by atoms with E-state index < -0.39 is 11.8 Å². The van der Waals surface area contributed by atoms with E-state index in [0.717, 1.165) is 0 Å². The number of nitrogens with one attached hydrogen (secondary N) is 3. The molecule has 9 heteroatoms.